The lowest BCUT2D eigenvalue weighted by Gasteiger charge is -2.08. The molecule has 3 nitrogen and oxygen atoms in total. The number of imidazole rings is 1. The van der Waals surface area contributed by atoms with Crippen LogP contribution < -0.4 is 0 Å². The van der Waals surface area contributed by atoms with Gasteiger partial charge in [-0.3, -0.25) is 4.57 Å². The molecule has 0 fully saturated rings. The van der Waals surface area contributed by atoms with Gasteiger partial charge in [-0.05, 0) is 24.6 Å². The van der Waals surface area contributed by atoms with E-state index < -0.39 is 0 Å². The number of hydrogen-bond acceptors (Lipinski definition) is 2. The van der Waals surface area contributed by atoms with Gasteiger partial charge in [-0.1, -0.05) is 36.5 Å². The summed E-state index contributed by atoms with van der Waals surface area (Å²) in [5.74, 6) is 0.934. The summed E-state index contributed by atoms with van der Waals surface area (Å²) in [6.45, 7) is 2.15. The average Bonchev–Trinajstić information content (AvgIpc) is 2.90. The van der Waals surface area contributed by atoms with Crippen LogP contribution in [0, 0.1) is 0 Å². The topological polar surface area (TPSA) is 30.2 Å². The second kappa shape index (κ2) is 6.73. The summed E-state index contributed by atoms with van der Waals surface area (Å²) in [6.07, 6.45) is 8.44. The third-order valence-electron chi connectivity index (χ3n) is 2.72. The van der Waals surface area contributed by atoms with Gasteiger partial charge in [-0.15, -0.1) is 0 Å². The number of rotatable bonds is 4. The van der Waals surface area contributed by atoms with Crippen molar-refractivity contribution in [3.63, 3.8) is 0 Å². The van der Waals surface area contributed by atoms with E-state index in [4.69, 9.17) is 23.2 Å². The van der Waals surface area contributed by atoms with Crippen LogP contribution in [0.4, 0.5) is 5.69 Å². The van der Waals surface area contributed by atoms with Crippen LogP contribution in [0.15, 0.2) is 41.9 Å². The van der Waals surface area contributed by atoms with Crippen molar-refractivity contribution < 1.29 is 0 Å². The number of aromatic nitrogens is 2. The van der Waals surface area contributed by atoms with E-state index in [0.29, 0.717) is 10.0 Å². The Bertz CT molecular complexity index is 562. The second-order valence-corrected chi connectivity index (χ2v) is 5.04. The van der Waals surface area contributed by atoms with Crippen molar-refractivity contribution in [3.05, 3.63) is 47.0 Å². The molecule has 0 unspecified atom stereocenters. The fourth-order valence-corrected chi connectivity index (χ4v) is 2.15. The molecular formula is C14H15Cl2N3. The van der Waals surface area contributed by atoms with E-state index in [0.717, 1.165) is 30.8 Å². The zero-order valence-electron chi connectivity index (χ0n) is 10.7. The number of hydrogen-bond donors (Lipinski definition) is 0. The maximum absolute atomic E-state index is 6.15. The number of halogens is 2. The summed E-state index contributed by atoms with van der Waals surface area (Å²) in [7, 11) is 0. The minimum Gasteiger partial charge on any atom is -0.294 e. The van der Waals surface area contributed by atoms with Crippen LogP contribution in [-0.4, -0.2) is 15.4 Å². The monoisotopic (exact) mass is 295 g/mol. The molecule has 0 radical (unpaired) electrons. The van der Waals surface area contributed by atoms with E-state index in [1.807, 2.05) is 16.8 Å². The Balaban J connectivity index is 2.34. The minimum absolute atomic E-state index is 0.557. The van der Waals surface area contributed by atoms with Gasteiger partial charge in [0.2, 0.25) is 0 Å². The predicted molar refractivity (Wildman–Crippen MR) is 80.7 cm³/mol. The van der Waals surface area contributed by atoms with E-state index in [1.54, 1.807) is 24.7 Å². The molecule has 0 N–H and O–H groups in total. The zero-order chi connectivity index (χ0) is 13.7. The molecule has 0 aliphatic rings. The van der Waals surface area contributed by atoms with Crippen molar-refractivity contribution in [1.82, 2.24) is 9.55 Å². The first kappa shape index (κ1) is 14.1. The van der Waals surface area contributed by atoms with E-state index in [2.05, 4.69) is 16.9 Å². The first-order chi connectivity index (χ1) is 9.20. The molecule has 19 heavy (non-hydrogen) atoms. The Kier molecular flexibility index (Phi) is 5.00. The molecule has 0 bridgehead atoms. The van der Waals surface area contributed by atoms with E-state index in [9.17, 15) is 0 Å². The van der Waals surface area contributed by atoms with E-state index in [1.165, 1.54) is 0 Å². The van der Waals surface area contributed by atoms with Crippen molar-refractivity contribution in [2.24, 2.45) is 4.99 Å². The smallest absolute Gasteiger partial charge is 0.114 e. The average molecular weight is 296 g/mol. The Morgan fingerprint density at radius 2 is 2.21 bits per heavy atom. The molecule has 2 rings (SSSR count). The molecule has 0 atom stereocenters. The van der Waals surface area contributed by atoms with Crippen LogP contribution in [-0.2, 0) is 0 Å². The van der Waals surface area contributed by atoms with Gasteiger partial charge in [0.1, 0.15) is 12.2 Å². The molecular weight excluding hydrogens is 281 g/mol. The van der Waals surface area contributed by atoms with Crippen LogP contribution in [0.2, 0.25) is 10.0 Å². The molecule has 0 aliphatic carbocycles. The van der Waals surface area contributed by atoms with Crippen molar-refractivity contribution in [2.45, 2.75) is 26.2 Å². The molecule has 0 spiro atoms. The van der Waals surface area contributed by atoms with Gasteiger partial charge >= 0.3 is 0 Å². The molecule has 0 saturated heterocycles. The van der Waals surface area contributed by atoms with Gasteiger partial charge in [0.05, 0.1) is 10.7 Å². The predicted octanol–water partition coefficient (Wildman–Crippen LogP) is 4.96. The largest absolute Gasteiger partial charge is 0.294 e. The van der Waals surface area contributed by atoms with Crippen molar-refractivity contribution in [2.75, 3.05) is 0 Å². The number of aliphatic imine (C=N–C) groups is 1. The maximum atomic E-state index is 6.15. The molecule has 1 aromatic carbocycles. The highest BCUT2D eigenvalue weighted by molar-refractivity contribution is 6.36. The number of unbranched alkanes of at least 4 members (excludes halogenated alkanes) is 1. The lowest BCUT2D eigenvalue weighted by Crippen LogP contribution is -2.09. The first-order valence-electron chi connectivity index (χ1n) is 6.21. The summed E-state index contributed by atoms with van der Waals surface area (Å²) in [5, 5.41) is 1.17. The lowest BCUT2D eigenvalue weighted by molar-refractivity contribution is 0.816. The number of nitrogens with zero attached hydrogens (tertiary/aromatic N) is 3. The Hall–Kier alpha value is -1.32. The SMILES string of the molecule is CCCCC(=Nc1ccc(Cl)cc1Cl)n1ccnc1. The van der Waals surface area contributed by atoms with Crippen LogP contribution in [0.3, 0.4) is 0 Å². The summed E-state index contributed by atoms with van der Waals surface area (Å²) < 4.78 is 1.92. The molecule has 100 valence electrons. The standard InChI is InChI=1S/C14H15Cl2N3/c1-2-3-4-14(19-8-7-17-10-19)18-13-6-5-11(15)9-12(13)16/h5-10H,2-4H2,1H3. The zero-order valence-corrected chi connectivity index (χ0v) is 12.2. The van der Waals surface area contributed by atoms with Gasteiger partial charge in [0.15, 0.2) is 0 Å². The molecule has 0 aliphatic heterocycles. The van der Waals surface area contributed by atoms with Gasteiger partial charge < -0.3 is 0 Å². The van der Waals surface area contributed by atoms with Gasteiger partial charge in [0.25, 0.3) is 0 Å². The van der Waals surface area contributed by atoms with Crippen LogP contribution in [0.1, 0.15) is 26.2 Å². The maximum Gasteiger partial charge on any atom is 0.114 e. The van der Waals surface area contributed by atoms with Crippen molar-refractivity contribution >= 4 is 34.7 Å². The Labute approximate surface area is 122 Å². The van der Waals surface area contributed by atoms with Crippen molar-refractivity contribution in [3.8, 4) is 0 Å². The van der Waals surface area contributed by atoms with E-state index >= 15 is 0 Å². The fraction of sp³-hybridized carbons (Fsp3) is 0.286. The Morgan fingerprint density at radius 3 is 2.84 bits per heavy atom. The van der Waals surface area contributed by atoms with Gasteiger partial charge in [0, 0.05) is 23.8 Å². The second-order valence-electron chi connectivity index (χ2n) is 4.20. The highest BCUT2D eigenvalue weighted by Gasteiger charge is 2.05. The molecule has 0 amide bonds. The van der Waals surface area contributed by atoms with Gasteiger partial charge in [-0.25, -0.2) is 9.98 Å². The normalized spacial score (nSPS) is 11.8. The third-order valence-corrected chi connectivity index (χ3v) is 3.25. The summed E-state index contributed by atoms with van der Waals surface area (Å²) in [5.41, 5.74) is 0.728. The molecule has 1 heterocycles. The van der Waals surface area contributed by atoms with E-state index in [-0.39, 0.29) is 0 Å². The molecule has 5 heteroatoms. The highest BCUT2D eigenvalue weighted by Crippen LogP contribution is 2.28. The van der Waals surface area contributed by atoms with Crippen molar-refractivity contribution in [1.29, 1.82) is 0 Å². The van der Waals surface area contributed by atoms with Crippen LogP contribution in [0.5, 0.6) is 0 Å². The molecule has 2 aromatic rings. The highest BCUT2D eigenvalue weighted by atomic mass is 35.5. The quantitative estimate of drug-likeness (QED) is 0.579. The minimum atomic E-state index is 0.557. The summed E-state index contributed by atoms with van der Waals surface area (Å²) >= 11 is 12.0. The summed E-state index contributed by atoms with van der Waals surface area (Å²) in [6, 6.07) is 5.32. The molecule has 0 saturated carbocycles. The summed E-state index contributed by atoms with van der Waals surface area (Å²) in [4.78, 5) is 8.69. The first-order valence-corrected chi connectivity index (χ1v) is 6.97. The number of benzene rings is 1. The lowest BCUT2D eigenvalue weighted by atomic mass is 10.2. The van der Waals surface area contributed by atoms with Gasteiger partial charge in [-0.2, -0.15) is 0 Å². The Morgan fingerprint density at radius 1 is 1.37 bits per heavy atom. The third kappa shape index (κ3) is 3.82. The molecule has 1 aromatic heterocycles. The van der Waals surface area contributed by atoms with Crippen LogP contribution in [0.25, 0.3) is 0 Å². The van der Waals surface area contributed by atoms with Crippen LogP contribution >= 0.6 is 23.2 Å². The fourth-order valence-electron chi connectivity index (χ4n) is 1.70.